The maximum Gasteiger partial charge on any atom is 0.322 e. The number of amides is 2. The Balaban J connectivity index is 1.50. The van der Waals surface area contributed by atoms with Crippen molar-refractivity contribution in [2.24, 2.45) is 0 Å². The number of nitrogens with zero attached hydrogens (tertiary/aromatic N) is 1. The number of rotatable bonds is 3. The van der Waals surface area contributed by atoms with E-state index in [0.717, 1.165) is 43.4 Å². The van der Waals surface area contributed by atoms with Crippen LogP contribution in [0.3, 0.4) is 0 Å². The van der Waals surface area contributed by atoms with Gasteiger partial charge in [-0.05, 0) is 61.6 Å². The normalized spacial score (nSPS) is 17.4. The summed E-state index contributed by atoms with van der Waals surface area (Å²) in [6, 6.07) is 15.8. The number of nitrogens with one attached hydrogen (secondary N) is 2. The summed E-state index contributed by atoms with van der Waals surface area (Å²) in [6.45, 7) is 0.798. The zero-order valence-corrected chi connectivity index (χ0v) is 15.3. The second-order valence-electron chi connectivity index (χ2n) is 6.84. The van der Waals surface area contributed by atoms with Gasteiger partial charge in [0.25, 0.3) is 0 Å². The van der Waals surface area contributed by atoms with Crippen molar-refractivity contribution in [1.82, 2.24) is 9.88 Å². The average Bonchev–Trinajstić information content (AvgIpc) is 3.07. The molecule has 4 nitrogen and oxygen atoms in total. The molecule has 0 bridgehead atoms. The number of fused-ring (bicyclic) bond motifs is 1. The van der Waals surface area contributed by atoms with Crippen LogP contribution in [-0.2, 0) is 6.42 Å². The number of piperidine rings is 1. The van der Waals surface area contributed by atoms with Gasteiger partial charge in [-0.1, -0.05) is 29.8 Å². The van der Waals surface area contributed by atoms with Crippen LogP contribution in [-0.4, -0.2) is 28.5 Å². The van der Waals surface area contributed by atoms with Crippen molar-refractivity contribution < 1.29 is 4.79 Å². The summed E-state index contributed by atoms with van der Waals surface area (Å²) in [7, 11) is 0. The maximum atomic E-state index is 12.8. The highest BCUT2D eigenvalue weighted by atomic mass is 35.5. The Labute approximate surface area is 158 Å². The molecule has 1 aliphatic heterocycles. The lowest BCUT2D eigenvalue weighted by Crippen LogP contribution is -2.46. The summed E-state index contributed by atoms with van der Waals surface area (Å²) >= 11 is 5.92. The van der Waals surface area contributed by atoms with Gasteiger partial charge in [-0.25, -0.2) is 4.79 Å². The summed E-state index contributed by atoms with van der Waals surface area (Å²) in [5.41, 5.74) is 3.20. The fraction of sp³-hybridized carbons (Fsp3) is 0.286. The van der Waals surface area contributed by atoms with Crippen molar-refractivity contribution in [3.63, 3.8) is 0 Å². The molecule has 1 aromatic heterocycles. The molecule has 1 saturated heterocycles. The largest absolute Gasteiger partial charge is 0.361 e. The van der Waals surface area contributed by atoms with Crippen molar-refractivity contribution in [1.29, 1.82) is 0 Å². The van der Waals surface area contributed by atoms with Gasteiger partial charge >= 0.3 is 6.03 Å². The Morgan fingerprint density at radius 1 is 1.15 bits per heavy atom. The number of aromatic nitrogens is 1. The molecule has 0 radical (unpaired) electrons. The first-order valence-electron chi connectivity index (χ1n) is 9.09. The number of aromatic amines is 1. The van der Waals surface area contributed by atoms with Gasteiger partial charge in [0.1, 0.15) is 0 Å². The van der Waals surface area contributed by atoms with Crippen LogP contribution in [0.5, 0.6) is 0 Å². The van der Waals surface area contributed by atoms with E-state index in [1.807, 2.05) is 23.1 Å². The summed E-state index contributed by atoms with van der Waals surface area (Å²) in [5, 5.41) is 4.92. The zero-order valence-electron chi connectivity index (χ0n) is 14.5. The Kier molecular flexibility index (Phi) is 4.85. The molecule has 2 N–H and O–H groups in total. The number of hydrogen-bond donors (Lipinski definition) is 2. The molecule has 0 spiro atoms. The van der Waals surface area contributed by atoms with Crippen LogP contribution in [0.15, 0.2) is 54.7 Å². The molecular weight excluding hydrogens is 346 g/mol. The lowest BCUT2D eigenvalue weighted by atomic mass is 9.95. The SMILES string of the molecule is O=C(Nc1ccc(Cl)cc1)N1CCCCC1Cc1c[nH]c2ccccc12. The molecule has 4 rings (SSSR count). The van der Waals surface area contributed by atoms with E-state index in [2.05, 4.69) is 34.7 Å². The molecule has 134 valence electrons. The quantitative estimate of drug-likeness (QED) is 0.635. The fourth-order valence-electron chi connectivity index (χ4n) is 3.76. The second kappa shape index (κ2) is 7.42. The molecule has 1 unspecified atom stereocenters. The monoisotopic (exact) mass is 367 g/mol. The summed E-state index contributed by atoms with van der Waals surface area (Å²) < 4.78 is 0. The van der Waals surface area contributed by atoms with Gasteiger partial charge in [0, 0.05) is 40.4 Å². The lowest BCUT2D eigenvalue weighted by molar-refractivity contribution is 0.163. The third-order valence-corrected chi connectivity index (χ3v) is 5.37. The molecule has 1 fully saturated rings. The van der Waals surface area contributed by atoms with Crippen LogP contribution in [0.4, 0.5) is 10.5 Å². The van der Waals surface area contributed by atoms with E-state index < -0.39 is 0 Å². The van der Waals surface area contributed by atoms with E-state index in [-0.39, 0.29) is 12.1 Å². The van der Waals surface area contributed by atoms with E-state index in [0.29, 0.717) is 5.02 Å². The minimum absolute atomic E-state index is 0.0307. The molecule has 0 aliphatic carbocycles. The fourth-order valence-corrected chi connectivity index (χ4v) is 3.89. The molecule has 2 aromatic carbocycles. The predicted molar refractivity (Wildman–Crippen MR) is 107 cm³/mol. The molecule has 5 heteroatoms. The highest BCUT2D eigenvalue weighted by Crippen LogP contribution is 2.26. The molecule has 26 heavy (non-hydrogen) atoms. The van der Waals surface area contributed by atoms with Crippen molar-refractivity contribution in [3.05, 3.63) is 65.3 Å². The predicted octanol–water partition coefficient (Wildman–Crippen LogP) is 5.45. The number of halogens is 1. The van der Waals surface area contributed by atoms with Gasteiger partial charge in [-0.2, -0.15) is 0 Å². The van der Waals surface area contributed by atoms with Gasteiger partial charge in [0.05, 0.1) is 0 Å². The number of urea groups is 1. The molecule has 1 atom stereocenters. The van der Waals surface area contributed by atoms with Crippen LogP contribution in [0.1, 0.15) is 24.8 Å². The first-order chi connectivity index (χ1) is 12.7. The number of carbonyl (C=O) groups excluding carboxylic acids is 1. The Morgan fingerprint density at radius 2 is 1.96 bits per heavy atom. The Morgan fingerprint density at radius 3 is 2.81 bits per heavy atom. The lowest BCUT2D eigenvalue weighted by Gasteiger charge is -2.35. The standard InChI is InChI=1S/C21H22ClN3O/c22-16-8-10-17(11-9-16)24-21(26)25-12-4-3-5-18(25)13-15-14-23-20-7-2-1-6-19(15)20/h1-2,6-11,14,18,23H,3-5,12-13H2,(H,24,26). The first-order valence-corrected chi connectivity index (χ1v) is 9.47. The molecule has 1 aliphatic rings. The maximum absolute atomic E-state index is 12.8. The Bertz CT molecular complexity index is 903. The van der Waals surface area contributed by atoms with Gasteiger partial charge in [-0.3, -0.25) is 0 Å². The smallest absolute Gasteiger partial charge is 0.322 e. The molecular formula is C21H22ClN3O. The number of para-hydroxylation sites is 1. The topological polar surface area (TPSA) is 48.1 Å². The number of benzene rings is 2. The van der Waals surface area contributed by atoms with Crippen molar-refractivity contribution >= 4 is 34.2 Å². The number of likely N-dealkylation sites (tertiary alicyclic amines) is 1. The minimum atomic E-state index is -0.0307. The van der Waals surface area contributed by atoms with Crippen LogP contribution < -0.4 is 5.32 Å². The molecule has 3 aromatic rings. The highest BCUT2D eigenvalue weighted by Gasteiger charge is 2.27. The van der Waals surface area contributed by atoms with Gasteiger partial charge < -0.3 is 15.2 Å². The average molecular weight is 368 g/mol. The van der Waals surface area contributed by atoms with Gasteiger partial charge in [-0.15, -0.1) is 0 Å². The van der Waals surface area contributed by atoms with Crippen LogP contribution in [0.25, 0.3) is 10.9 Å². The summed E-state index contributed by atoms with van der Waals surface area (Å²) in [4.78, 5) is 18.2. The molecule has 2 amide bonds. The van der Waals surface area contributed by atoms with E-state index in [1.165, 1.54) is 10.9 Å². The highest BCUT2D eigenvalue weighted by molar-refractivity contribution is 6.30. The van der Waals surface area contributed by atoms with Crippen molar-refractivity contribution in [2.45, 2.75) is 31.7 Å². The van der Waals surface area contributed by atoms with E-state index >= 15 is 0 Å². The second-order valence-corrected chi connectivity index (χ2v) is 7.28. The number of anilines is 1. The number of carbonyl (C=O) groups is 1. The van der Waals surface area contributed by atoms with Gasteiger partial charge in [0.15, 0.2) is 0 Å². The van der Waals surface area contributed by atoms with Crippen molar-refractivity contribution in [3.8, 4) is 0 Å². The number of hydrogen-bond acceptors (Lipinski definition) is 1. The van der Waals surface area contributed by atoms with Crippen molar-refractivity contribution in [2.75, 3.05) is 11.9 Å². The van der Waals surface area contributed by atoms with Crippen LogP contribution >= 0.6 is 11.6 Å². The van der Waals surface area contributed by atoms with Gasteiger partial charge in [0.2, 0.25) is 0 Å². The zero-order chi connectivity index (χ0) is 17.9. The molecule has 0 saturated carbocycles. The van der Waals surface area contributed by atoms with E-state index in [4.69, 9.17) is 11.6 Å². The van der Waals surface area contributed by atoms with Crippen LogP contribution in [0, 0.1) is 0 Å². The minimum Gasteiger partial charge on any atom is -0.361 e. The van der Waals surface area contributed by atoms with E-state index in [1.54, 1.807) is 12.1 Å². The number of H-pyrrole nitrogens is 1. The summed E-state index contributed by atoms with van der Waals surface area (Å²) in [5.74, 6) is 0. The Hall–Kier alpha value is -2.46. The third-order valence-electron chi connectivity index (χ3n) is 5.11. The first kappa shape index (κ1) is 17.0. The van der Waals surface area contributed by atoms with Crippen LogP contribution in [0.2, 0.25) is 5.02 Å². The summed E-state index contributed by atoms with van der Waals surface area (Å²) in [6.07, 6.45) is 6.20. The third kappa shape index (κ3) is 3.56. The van der Waals surface area contributed by atoms with E-state index in [9.17, 15) is 4.79 Å². The molecule has 2 heterocycles.